The van der Waals surface area contributed by atoms with Crippen molar-refractivity contribution in [1.29, 1.82) is 0 Å². The quantitative estimate of drug-likeness (QED) is 0.191. The minimum Gasteiger partial charge on any atom is -0.411 e. The fourth-order valence-electron chi connectivity index (χ4n) is 0.429. The minimum atomic E-state index is -0.632. The lowest BCUT2D eigenvalue weighted by atomic mass is 10.7. The molecule has 6 nitrogen and oxygen atoms in total. The van der Waals surface area contributed by atoms with Crippen LogP contribution in [0.3, 0.4) is 0 Å². The fraction of sp³-hybridized carbons (Fsp3) is 0.333. The Bertz CT molecular complexity index is 244. The van der Waals surface area contributed by atoms with E-state index in [-0.39, 0.29) is 0 Å². The molecule has 0 aliphatic rings. The number of rotatable bonds is 1. The van der Waals surface area contributed by atoms with Crippen molar-refractivity contribution in [3.05, 3.63) is 0 Å². The van der Waals surface area contributed by atoms with Gasteiger partial charge in [-0.05, 0) is 0 Å². The molecule has 0 aromatic rings. The van der Waals surface area contributed by atoms with Crippen LogP contribution in [0, 0.1) is 0 Å². The second kappa shape index (κ2) is 5.00. The highest BCUT2D eigenvalue weighted by atomic mass is 16.7. The Morgan fingerprint density at radius 3 is 2.42 bits per heavy atom. The van der Waals surface area contributed by atoms with E-state index in [9.17, 15) is 9.59 Å². The molecule has 1 amide bonds. The van der Waals surface area contributed by atoms with E-state index < -0.39 is 11.9 Å². The molecule has 0 aliphatic carbocycles. The maximum absolute atomic E-state index is 10.7. The van der Waals surface area contributed by atoms with Gasteiger partial charge in [0.15, 0.2) is 0 Å². The summed E-state index contributed by atoms with van der Waals surface area (Å²) in [5, 5.41) is 10.6. The molecule has 0 bridgehead atoms. The topological polar surface area (TPSA) is 79.0 Å². The number of carbonyl (C=O) groups is 2. The molecule has 6 heteroatoms. The van der Waals surface area contributed by atoms with E-state index in [1.807, 2.05) is 0 Å². The summed E-state index contributed by atoms with van der Waals surface area (Å²) in [6.45, 7) is 2.35. The first-order chi connectivity index (χ1) is 5.57. The standard InChI is InChI=1S/C6H8N2O4/c1-5(9)8(4-3-7-11)12-6(2)10/h3-4H,1-2H3/p+1. The molecule has 0 atom stereocenters. The number of amides is 1. The molecule has 0 radical (unpaired) electrons. The summed E-state index contributed by atoms with van der Waals surface area (Å²) in [4.78, 5) is 25.4. The summed E-state index contributed by atoms with van der Waals surface area (Å²) in [5.74, 6) is -1.13. The van der Waals surface area contributed by atoms with Crippen molar-refractivity contribution in [2.45, 2.75) is 13.8 Å². The van der Waals surface area contributed by atoms with E-state index in [0.717, 1.165) is 19.4 Å². The first kappa shape index (κ1) is 10.3. The highest BCUT2D eigenvalue weighted by molar-refractivity contribution is 6.14. The maximum atomic E-state index is 10.7. The van der Waals surface area contributed by atoms with Gasteiger partial charge in [-0.15, -0.1) is 0 Å². The number of oxime groups is 1. The molecular weight excluding hydrogens is 164 g/mol. The molecule has 0 aromatic carbocycles. The Labute approximate surface area is 68.7 Å². The normalized spacial score (nSPS) is 11.7. The van der Waals surface area contributed by atoms with Gasteiger partial charge >= 0.3 is 11.9 Å². The highest BCUT2D eigenvalue weighted by Crippen LogP contribution is 1.80. The molecule has 0 unspecified atom stereocenters. The molecule has 1 N–H and O–H groups in total. The van der Waals surface area contributed by atoms with Gasteiger partial charge in [0.1, 0.15) is 6.21 Å². The predicted molar refractivity (Wildman–Crippen MR) is 39.0 cm³/mol. The zero-order valence-electron chi connectivity index (χ0n) is 6.72. The Morgan fingerprint density at radius 2 is 2.08 bits per heavy atom. The Morgan fingerprint density at radius 1 is 1.50 bits per heavy atom. The molecule has 0 saturated carbocycles. The molecule has 0 saturated heterocycles. The zero-order chi connectivity index (χ0) is 9.56. The second-order valence-corrected chi connectivity index (χ2v) is 1.84. The van der Waals surface area contributed by atoms with Gasteiger partial charge in [0.2, 0.25) is 6.21 Å². The summed E-state index contributed by atoms with van der Waals surface area (Å²) >= 11 is 0. The third-order valence-corrected chi connectivity index (χ3v) is 0.806. The number of hydrogen-bond donors (Lipinski definition) is 1. The van der Waals surface area contributed by atoms with E-state index in [1.54, 1.807) is 0 Å². The van der Waals surface area contributed by atoms with E-state index in [1.165, 1.54) is 6.92 Å². The van der Waals surface area contributed by atoms with Crippen molar-refractivity contribution < 1.29 is 24.4 Å². The smallest absolute Gasteiger partial charge is 0.411 e. The molecule has 0 aliphatic heterocycles. The van der Waals surface area contributed by atoms with Crippen LogP contribution >= 0.6 is 0 Å². The molecule has 0 heterocycles. The van der Waals surface area contributed by atoms with Crippen LogP contribution in [0.2, 0.25) is 0 Å². The van der Waals surface area contributed by atoms with E-state index >= 15 is 0 Å². The zero-order valence-corrected chi connectivity index (χ0v) is 6.72. The number of nitrogens with zero attached hydrogens (tertiary/aromatic N) is 2. The molecule has 0 fully saturated rings. The SMILES string of the molecule is CC(=O)O[N+](=CC=NO)C(C)=O. The largest absolute Gasteiger partial charge is 0.431 e. The van der Waals surface area contributed by atoms with Gasteiger partial charge < -0.3 is 5.21 Å². The van der Waals surface area contributed by atoms with Gasteiger partial charge in [-0.2, -0.15) is 4.84 Å². The van der Waals surface area contributed by atoms with E-state index in [0.29, 0.717) is 4.74 Å². The van der Waals surface area contributed by atoms with E-state index in [4.69, 9.17) is 5.21 Å². The summed E-state index contributed by atoms with van der Waals surface area (Å²) in [6, 6.07) is 0. The molecule has 0 spiro atoms. The number of hydrogen-bond acceptors (Lipinski definition) is 5. The van der Waals surface area contributed by atoms with Gasteiger partial charge in [0.25, 0.3) is 0 Å². The van der Waals surface area contributed by atoms with Crippen LogP contribution in [0.4, 0.5) is 0 Å². The lowest BCUT2D eigenvalue weighted by Gasteiger charge is -1.90. The van der Waals surface area contributed by atoms with Crippen molar-refractivity contribution in [2.24, 2.45) is 5.16 Å². The lowest BCUT2D eigenvalue weighted by molar-refractivity contribution is -0.687. The van der Waals surface area contributed by atoms with Gasteiger partial charge in [-0.3, -0.25) is 0 Å². The van der Waals surface area contributed by atoms with Gasteiger partial charge in [-0.1, -0.05) is 5.16 Å². The molecule has 66 valence electrons. The van der Waals surface area contributed by atoms with Crippen LogP contribution in [0.25, 0.3) is 0 Å². The Hall–Kier alpha value is -1.72. The molecule has 12 heavy (non-hydrogen) atoms. The third kappa shape index (κ3) is 4.15. The average molecular weight is 173 g/mol. The van der Waals surface area contributed by atoms with Gasteiger partial charge in [-0.25, -0.2) is 9.59 Å². The Kier molecular flexibility index (Phi) is 4.28. The van der Waals surface area contributed by atoms with Gasteiger partial charge in [0, 0.05) is 6.92 Å². The predicted octanol–water partition coefficient (Wildman–Crippen LogP) is -0.446. The van der Waals surface area contributed by atoms with Crippen molar-refractivity contribution in [3.63, 3.8) is 0 Å². The molecule has 0 aromatic heterocycles. The Balaban J connectivity index is 4.43. The summed E-state index contributed by atoms with van der Waals surface area (Å²) in [5.41, 5.74) is 0. The van der Waals surface area contributed by atoms with Crippen molar-refractivity contribution in [2.75, 3.05) is 0 Å². The van der Waals surface area contributed by atoms with Crippen molar-refractivity contribution >= 4 is 24.3 Å². The molecule has 0 rings (SSSR count). The monoisotopic (exact) mass is 173 g/mol. The van der Waals surface area contributed by atoms with Crippen LogP contribution in [0.5, 0.6) is 0 Å². The summed E-state index contributed by atoms with van der Waals surface area (Å²) in [6.07, 6.45) is 1.92. The molecular formula is C6H9N2O4+. The van der Waals surface area contributed by atoms with E-state index in [2.05, 4.69) is 9.99 Å². The van der Waals surface area contributed by atoms with Crippen LogP contribution in [0.15, 0.2) is 5.16 Å². The fourth-order valence-corrected chi connectivity index (χ4v) is 0.429. The number of carbonyl (C=O) groups excluding carboxylic acids is 2. The van der Waals surface area contributed by atoms with Crippen LogP contribution < -0.4 is 0 Å². The first-order valence-corrected chi connectivity index (χ1v) is 3.07. The minimum absolute atomic E-state index is 0.495. The highest BCUT2D eigenvalue weighted by Gasteiger charge is 2.15. The van der Waals surface area contributed by atoms with Crippen molar-refractivity contribution in [1.82, 2.24) is 0 Å². The van der Waals surface area contributed by atoms with Gasteiger partial charge in [0.05, 0.1) is 11.7 Å². The lowest BCUT2D eigenvalue weighted by Crippen LogP contribution is -2.22. The third-order valence-electron chi connectivity index (χ3n) is 0.806. The first-order valence-electron chi connectivity index (χ1n) is 3.07. The van der Waals surface area contributed by atoms with Crippen molar-refractivity contribution in [3.8, 4) is 0 Å². The van der Waals surface area contributed by atoms with Crippen LogP contribution in [-0.2, 0) is 14.4 Å². The summed E-state index contributed by atoms with van der Waals surface area (Å²) < 4.78 is 0.655. The van der Waals surface area contributed by atoms with Crippen LogP contribution in [-0.4, -0.2) is 34.3 Å². The average Bonchev–Trinajstić information content (AvgIpc) is 1.96. The van der Waals surface area contributed by atoms with Crippen LogP contribution in [0.1, 0.15) is 13.8 Å². The number of hydroxylamine groups is 1. The second-order valence-electron chi connectivity index (χ2n) is 1.84. The maximum Gasteiger partial charge on any atom is 0.431 e. The summed E-state index contributed by atoms with van der Waals surface area (Å²) in [7, 11) is 0.